The van der Waals surface area contributed by atoms with Crippen LogP contribution in [-0.4, -0.2) is 54.2 Å². The van der Waals surface area contributed by atoms with Crippen molar-refractivity contribution in [3.8, 4) is 0 Å². The molecular formula is C19H21N5O4. The average Bonchev–Trinajstić information content (AvgIpc) is 2.94. The van der Waals surface area contributed by atoms with Crippen LogP contribution in [0.15, 0.2) is 23.3 Å². The van der Waals surface area contributed by atoms with Crippen LogP contribution in [0.4, 0.5) is 5.69 Å². The molecule has 2 fully saturated rings. The first-order chi connectivity index (χ1) is 13.5. The SMILES string of the molecule is N=NCC1CCN(c2cccc3c2C(=O)N(C2CCC(=O)NC2=O)C3=O)CC1. The van der Waals surface area contributed by atoms with E-state index < -0.39 is 23.8 Å². The molecule has 146 valence electrons. The maximum atomic E-state index is 13.1. The molecular weight excluding hydrogens is 362 g/mol. The summed E-state index contributed by atoms with van der Waals surface area (Å²) >= 11 is 0. The van der Waals surface area contributed by atoms with Crippen LogP contribution in [0.2, 0.25) is 0 Å². The maximum Gasteiger partial charge on any atom is 0.264 e. The molecule has 1 unspecified atom stereocenters. The smallest absolute Gasteiger partial charge is 0.264 e. The predicted octanol–water partition coefficient (Wildman–Crippen LogP) is 1.34. The van der Waals surface area contributed by atoms with E-state index in [-0.39, 0.29) is 18.7 Å². The van der Waals surface area contributed by atoms with Crippen LogP contribution in [0.25, 0.3) is 0 Å². The Morgan fingerprint density at radius 2 is 1.82 bits per heavy atom. The number of nitrogens with one attached hydrogen (secondary N) is 2. The summed E-state index contributed by atoms with van der Waals surface area (Å²) in [6, 6.07) is 4.23. The van der Waals surface area contributed by atoms with Crippen LogP contribution >= 0.6 is 0 Å². The molecule has 3 aliphatic rings. The van der Waals surface area contributed by atoms with Crippen LogP contribution in [0.5, 0.6) is 0 Å². The number of rotatable bonds is 4. The Morgan fingerprint density at radius 1 is 1.07 bits per heavy atom. The zero-order chi connectivity index (χ0) is 19.8. The van der Waals surface area contributed by atoms with E-state index in [2.05, 4.69) is 15.3 Å². The first-order valence-electron chi connectivity index (χ1n) is 9.44. The number of amides is 4. The molecule has 2 N–H and O–H groups in total. The molecule has 1 aromatic carbocycles. The maximum absolute atomic E-state index is 13.1. The lowest BCUT2D eigenvalue weighted by Crippen LogP contribution is -2.54. The molecule has 3 heterocycles. The lowest BCUT2D eigenvalue weighted by atomic mass is 9.95. The van der Waals surface area contributed by atoms with Gasteiger partial charge in [0.25, 0.3) is 11.8 Å². The Hall–Kier alpha value is -3.10. The van der Waals surface area contributed by atoms with Crippen molar-refractivity contribution in [3.63, 3.8) is 0 Å². The number of carbonyl (C=O) groups excluding carboxylic acids is 4. The second-order valence-electron chi connectivity index (χ2n) is 7.42. The number of benzene rings is 1. The van der Waals surface area contributed by atoms with Crippen LogP contribution < -0.4 is 10.2 Å². The van der Waals surface area contributed by atoms with E-state index >= 15 is 0 Å². The quantitative estimate of drug-likeness (QED) is 0.600. The van der Waals surface area contributed by atoms with Gasteiger partial charge in [0.2, 0.25) is 11.8 Å². The van der Waals surface area contributed by atoms with E-state index in [1.54, 1.807) is 12.1 Å². The number of imide groups is 2. The molecule has 0 radical (unpaired) electrons. The molecule has 2 saturated heterocycles. The van der Waals surface area contributed by atoms with Gasteiger partial charge in [0.15, 0.2) is 0 Å². The molecule has 4 amide bonds. The molecule has 0 bridgehead atoms. The summed E-state index contributed by atoms with van der Waals surface area (Å²) in [6.07, 6.45) is 1.98. The van der Waals surface area contributed by atoms with Gasteiger partial charge in [-0.05, 0) is 37.3 Å². The third kappa shape index (κ3) is 2.96. The highest BCUT2D eigenvalue weighted by molar-refractivity contribution is 6.25. The Bertz CT molecular complexity index is 875. The highest BCUT2D eigenvalue weighted by Crippen LogP contribution is 2.35. The van der Waals surface area contributed by atoms with Crippen LogP contribution in [0.3, 0.4) is 0 Å². The standard InChI is InChI=1S/C19H21N5O4/c20-21-10-11-6-8-23(9-7-11)13-3-1-2-12-16(13)19(28)24(18(12)27)14-4-5-15(25)22-17(14)26/h1-3,11,14,20H,4-10H2,(H,22,25,26). The van der Waals surface area contributed by atoms with Crippen molar-refractivity contribution in [1.29, 1.82) is 5.53 Å². The van der Waals surface area contributed by atoms with Crippen molar-refractivity contribution in [2.45, 2.75) is 31.7 Å². The molecule has 1 atom stereocenters. The van der Waals surface area contributed by atoms with Gasteiger partial charge in [0.1, 0.15) is 6.04 Å². The predicted molar refractivity (Wildman–Crippen MR) is 98.1 cm³/mol. The fraction of sp³-hybridized carbons (Fsp3) is 0.474. The summed E-state index contributed by atoms with van der Waals surface area (Å²) in [5, 5.41) is 5.69. The molecule has 1 aromatic rings. The molecule has 3 aliphatic heterocycles. The summed E-state index contributed by atoms with van der Waals surface area (Å²) < 4.78 is 0. The van der Waals surface area contributed by atoms with Gasteiger partial charge >= 0.3 is 0 Å². The van der Waals surface area contributed by atoms with Gasteiger partial charge in [-0.1, -0.05) is 6.07 Å². The monoisotopic (exact) mass is 383 g/mol. The first-order valence-corrected chi connectivity index (χ1v) is 9.44. The third-order valence-electron chi connectivity index (χ3n) is 5.75. The van der Waals surface area contributed by atoms with E-state index in [1.807, 2.05) is 6.07 Å². The van der Waals surface area contributed by atoms with Gasteiger partial charge in [-0.25, -0.2) is 5.53 Å². The summed E-state index contributed by atoms with van der Waals surface area (Å²) in [6.45, 7) is 1.95. The van der Waals surface area contributed by atoms with Gasteiger partial charge in [-0.2, -0.15) is 5.11 Å². The van der Waals surface area contributed by atoms with E-state index in [0.29, 0.717) is 29.3 Å². The van der Waals surface area contributed by atoms with Crippen molar-refractivity contribution in [3.05, 3.63) is 29.3 Å². The van der Waals surface area contributed by atoms with Crippen molar-refractivity contribution in [2.24, 2.45) is 11.0 Å². The fourth-order valence-corrected chi connectivity index (χ4v) is 4.25. The zero-order valence-corrected chi connectivity index (χ0v) is 15.3. The number of fused-ring (bicyclic) bond motifs is 1. The summed E-state index contributed by atoms with van der Waals surface area (Å²) in [7, 11) is 0. The molecule has 4 rings (SSSR count). The van der Waals surface area contributed by atoms with Crippen molar-refractivity contribution in [1.82, 2.24) is 10.2 Å². The Labute approximate surface area is 161 Å². The lowest BCUT2D eigenvalue weighted by Gasteiger charge is -2.34. The van der Waals surface area contributed by atoms with E-state index in [1.165, 1.54) is 0 Å². The second-order valence-corrected chi connectivity index (χ2v) is 7.42. The average molecular weight is 383 g/mol. The van der Waals surface area contributed by atoms with E-state index in [4.69, 9.17) is 5.53 Å². The zero-order valence-electron chi connectivity index (χ0n) is 15.3. The first kappa shape index (κ1) is 18.3. The number of piperidine rings is 2. The largest absolute Gasteiger partial charge is 0.371 e. The van der Waals surface area contributed by atoms with Crippen molar-refractivity contribution < 1.29 is 19.2 Å². The van der Waals surface area contributed by atoms with Crippen LogP contribution in [0, 0.1) is 11.4 Å². The van der Waals surface area contributed by atoms with E-state index in [0.717, 1.165) is 30.8 Å². The molecule has 0 aliphatic carbocycles. The normalized spacial score (nSPS) is 23.1. The number of hydrogen-bond acceptors (Lipinski definition) is 7. The Morgan fingerprint density at radius 3 is 2.50 bits per heavy atom. The third-order valence-corrected chi connectivity index (χ3v) is 5.75. The molecule has 0 saturated carbocycles. The minimum absolute atomic E-state index is 0.102. The van der Waals surface area contributed by atoms with Gasteiger partial charge in [-0.15, -0.1) is 0 Å². The summed E-state index contributed by atoms with van der Waals surface area (Å²) in [4.78, 5) is 52.7. The van der Waals surface area contributed by atoms with Crippen molar-refractivity contribution in [2.75, 3.05) is 24.5 Å². The van der Waals surface area contributed by atoms with Crippen LogP contribution in [-0.2, 0) is 9.59 Å². The highest BCUT2D eigenvalue weighted by Gasteiger charge is 2.46. The number of nitrogens with zero attached hydrogens (tertiary/aromatic N) is 3. The lowest BCUT2D eigenvalue weighted by molar-refractivity contribution is -0.136. The second kappa shape index (κ2) is 7.14. The molecule has 9 heteroatoms. The number of anilines is 1. The Balaban J connectivity index is 1.61. The molecule has 0 spiro atoms. The van der Waals surface area contributed by atoms with Crippen LogP contribution in [0.1, 0.15) is 46.4 Å². The Kier molecular flexibility index (Phi) is 4.66. The summed E-state index contributed by atoms with van der Waals surface area (Å²) in [5.41, 5.74) is 8.36. The summed E-state index contributed by atoms with van der Waals surface area (Å²) in [5.74, 6) is -1.59. The number of hydrogen-bond donors (Lipinski definition) is 2. The topological polar surface area (TPSA) is 123 Å². The molecule has 0 aromatic heterocycles. The fourth-order valence-electron chi connectivity index (χ4n) is 4.25. The molecule has 9 nitrogen and oxygen atoms in total. The van der Waals surface area contributed by atoms with Gasteiger partial charge in [-0.3, -0.25) is 29.4 Å². The van der Waals surface area contributed by atoms with Gasteiger partial charge < -0.3 is 4.90 Å². The number of carbonyl (C=O) groups is 4. The minimum atomic E-state index is -0.956. The molecule has 28 heavy (non-hydrogen) atoms. The van der Waals surface area contributed by atoms with Gasteiger partial charge in [0.05, 0.1) is 23.4 Å². The van der Waals surface area contributed by atoms with Crippen molar-refractivity contribution >= 4 is 29.3 Å². The highest BCUT2D eigenvalue weighted by atomic mass is 16.2. The van der Waals surface area contributed by atoms with E-state index in [9.17, 15) is 19.2 Å². The van der Waals surface area contributed by atoms with Gasteiger partial charge in [0, 0.05) is 19.5 Å². The minimum Gasteiger partial charge on any atom is -0.371 e.